The highest BCUT2D eigenvalue weighted by Gasteiger charge is 2.36. The molecule has 0 N–H and O–H groups in total. The van der Waals surface area contributed by atoms with Gasteiger partial charge >= 0.3 is 5.97 Å². The van der Waals surface area contributed by atoms with Gasteiger partial charge in [0.15, 0.2) is 0 Å². The van der Waals surface area contributed by atoms with E-state index in [1.54, 1.807) is 0 Å². The summed E-state index contributed by atoms with van der Waals surface area (Å²) in [5.41, 5.74) is 0.222. The van der Waals surface area contributed by atoms with Crippen LogP contribution in [-0.4, -0.2) is 52.2 Å². The Balaban J connectivity index is 1.87. The van der Waals surface area contributed by atoms with E-state index in [0.717, 1.165) is 32.3 Å². The Morgan fingerprint density at radius 1 is 1.28 bits per heavy atom. The molecule has 18 heavy (non-hydrogen) atoms. The molecule has 1 rings (SSSR count). The minimum atomic E-state index is -0.426. The van der Waals surface area contributed by atoms with E-state index < -0.39 is 5.97 Å². The smallest absolute Gasteiger partial charge is 0.330 e. The first-order valence-corrected chi connectivity index (χ1v) is 6.25. The number of hydrogen-bond acceptors (Lipinski definition) is 5. The van der Waals surface area contributed by atoms with Gasteiger partial charge in [0, 0.05) is 11.5 Å². The Kier molecular flexibility index (Phi) is 6.93. The van der Waals surface area contributed by atoms with Crippen LogP contribution in [0.3, 0.4) is 0 Å². The summed E-state index contributed by atoms with van der Waals surface area (Å²) in [4.78, 5) is 10.7. The molecule has 0 atom stereocenters. The third kappa shape index (κ3) is 5.16. The van der Waals surface area contributed by atoms with Gasteiger partial charge in [-0.25, -0.2) is 4.79 Å². The molecule has 1 fully saturated rings. The molecule has 0 bridgehead atoms. The van der Waals surface area contributed by atoms with Crippen molar-refractivity contribution < 1.29 is 23.7 Å². The second kappa shape index (κ2) is 8.24. The molecule has 0 spiro atoms. The van der Waals surface area contributed by atoms with E-state index in [1.807, 2.05) is 0 Å². The van der Waals surface area contributed by atoms with Crippen molar-refractivity contribution in [1.82, 2.24) is 0 Å². The molecule has 1 heterocycles. The fourth-order valence-corrected chi connectivity index (χ4v) is 1.55. The van der Waals surface area contributed by atoms with Crippen LogP contribution in [0.2, 0.25) is 0 Å². The molecule has 0 radical (unpaired) electrons. The van der Waals surface area contributed by atoms with E-state index in [2.05, 4.69) is 13.5 Å². The van der Waals surface area contributed by atoms with Crippen molar-refractivity contribution in [3.05, 3.63) is 12.7 Å². The fraction of sp³-hybridized carbons (Fsp3) is 0.769. The number of esters is 1. The van der Waals surface area contributed by atoms with Gasteiger partial charge in [0.2, 0.25) is 0 Å². The molecule has 0 aromatic heterocycles. The summed E-state index contributed by atoms with van der Waals surface area (Å²) < 4.78 is 20.8. The maximum absolute atomic E-state index is 10.7. The summed E-state index contributed by atoms with van der Waals surface area (Å²) in [5.74, 6) is -0.426. The first-order chi connectivity index (χ1) is 8.72. The van der Waals surface area contributed by atoms with Crippen LogP contribution in [0.1, 0.15) is 13.3 Å². The monoisotopic (exact) mass is 258 g/mol. The Morgan fingerprint density at radius 3 is 2.50 bits per heavy atom. The molecule has 1 aliphatic heterocycles. The van der Waals surface area contributed by atoms with Gasteiger partial charge in [-0.2, -0.15) is 0 Å². The predicted molar refractivity (Wildman–Crippen MR) is 66.3 cm³/mol. The molecule has 5 nitrogen and oxygen atoms in total. The van der Waals surface area contributed by atoms with Crippen LogP contribution in [0.5, 0.6) is 0 Å². The average Bonchev–Trinajstić information content (AvgIpc) is 2.35. The molecule has 0 saturated carbocycles. The van der Waals surface area contributed by atoms with Gasteiger partial charge < -0.3 is 18.9 Å². The summed E-state index contributed by atoms with van der Waals surface area (Å²) in [6.45, 7) is 9.44. The lowest BCUT2D eigenvalue weighted by Gasteiger charge is -2.40. The van der Waals surface area contributed by atoms with Crippen LogP contribution in [-0.2, 0) is 23.7 Å². The highest BCUT2D eigenvalue weighted by Crippen LogP contribution is 2.31. The van der Waals surface area contributed by atoms with Crippen LogP contribution in [0, 0.1) is 5.41 Å². The van der Waals surface area contributed by atoms with Crippen LogP contribution in [0.15, 0.2) is 12.7 Å². The molecular formula is C13H22O5. The maximum atomic E-state index is 10.7. The fourth-order valence-electron chi connectivity index (χ4n) is 1.55. The quantitative estimate of drug-likeness (QED) is 0.334. The summed E-state index contributed by atoms with van der Waals surface area (Å²) in [6.07, 6.45) is 2.21. The summed E-state index contributed by atoms with van der Waals surface area (Å²) in [6, 6.07) is 0. The van der Waals surface area contributed by atoms with Crippen molar-refractivity contribution in [2.24, 2.45) is 5.41 Å². The standard InChI is InChI=1S/C13H22O5/c1-3-12(14)18-8-7-15-5-6-16-9-13(4-2)10-17-11-13/h3H,1,4-11H2,2H3. The Hall–Kier alpha value is -0.910. The molecule has 1 aliphatic rings. The van der Waals surface area contributed by atoms with Gasteiger partial charge in [0.1, 0.15) is 6.61 Å². The minimum Gasteiger partial charge on any atom is -0.460 e. The van der Waals surface area contributed by atoms with Gasteiger partial charge in [0.05, 0.1) is 39.6 Å². The van der Waals surface area contributed by atoms with Crippen molar-refractivity contribution in [3.8, 4) is 0 Å². The van der Waals surface area contributed by atoms with Crippen LogP contribution in [0.4, 0.5) is 0 Å². The number of carbonyl (C=O) groups is 1. The predicted octanol–water partition coefficient (Wildman–Crippen LogP) is 1.18. The summed E-state index contributed by atoms with van der Waals surface area (Å²) in [7, 11) is 0. The molecule has 0 aromatic carbocycles. The zero-order valence-corrected chi connectivity index (χ0v) is 11.0. The highest BCUT2D eigenvalue weighted by atomic mass is 16.6. The maximum Gasteiger partial charge on any atom is 0.330 e. The van der Waals surface area contributed by atoms with E-state index in [9.17, 15) is 4.79 Å². The number of rotatable bonds is 10. The summed E-state index contributed by atoms with van der Waals surface area (Å²) in [5, 5.41) is 0. The highest BCUT2D eigenvalue weighted by molar-refractivity contribution is 5.81. The van der Waals surface area contributed by atoms with E-state index in [4.69, 9.17) is 18.9 Å². The number of ether oxygens (including phenoxy) is 4. The first-order valence-electron chi connectivity index (χ1n) is 6.25. The average molecular weight is 258 g/mol. The van der Waals surface area contributed by atoms with Gasteiger partial charge in [-0.15, -0.1) is 0 Å². The lowest BCUT2D eigenvalue weighted by Crippen LogP contribution is -2.45. The van der Waals surface area contributed by atoms with Crippen molar-refractivity contribution >= 4 is 5.97 Å². The molecule has 0 amide bonds. The Bertz CT molecular complexity index is 255. The molecule has 5 heteroatoms. The van der Waals surface area contributed by atoms with Gasteiger partial charge in [-0.05, 0) is 6.42 Å². The zero-order chi connectivity index (χ0) is 13.3. The van der Waals surface area contributed by atoms with Crippen LogP contribution >= 0.6 is 0 Å². The third-order valence-electron chi connectivity index (χ3n) is 2.99. The van der Waals surface area contributed by atoms with Crippen LogP contribution < -0.4 is 0 Å². The lowest BCUT2D eigenvalue weighted by molar-refractivity contribution is -0.153. The van der Waals surface area contributed by atoms with Gasteiger partial charge in [-0.3, -0.25) is 0 Å². The van der Waals surface area contributed by atoms with E-state index in [1.165, 1.54) is 0 Å². The van der Waals surface area contributed by atoms with Crippen molar-refractivity contribution in [3.63, 3.8) is 0 Å². The topological polar surface area (TPSA) is 54.0 Å². The molecular weight excluding hydrogens is 236 g/mol. The largest absolute Gasteiger partial charge is 0.460 e. The first kappa shape index (κ1) is 15.1. The molecule has 1 saturated heterocycles. The van der Waals surface area contributed by atoms with E-state index >= 15 is 0 Å². The second-order valence-electron chi connectivity index (χ2n) is 4.38. The minimum absolute atomic E-state index is 0.222. The molecule has 0 aromatic rings. The number of hydrogen-bond donors (Lipinski definition) is 0. The van der Waals surface area contributed by atoms with Crippen molar-refractivity contribution in [1.29, 1.82) is 0 Å². The van der Waals surface area contributed by atoms with E-state index in [-0.39, 0.29) is 12.0 Å². The number of carbonyl (C=O) groups excluding carboxylic acids is 1. The Morgan fingerprint density at radius 2 is 1.94 bits per heavy atom. The molecule has 0 unspecified atom stereocenters. The van der Waals surface area contributed by atoms with Crippen molar-refractivity contribution in [2.75, 3.05) is 46.2 Å². The van der Waals surface area contributed by atoms with Gasteiger partial charge in [-0.1, -0.05) is 13.5 Å². The molecule has 104 valence electrons. The van der Waals surface area contributed by atoms with E-state index in [0.29, 0.717) is 19.8 Å². The lowest BCUT2D eigenvalue weighted by atomic mass is 9.84. The molecule has 0 aliphatic carbocycles. The van der Waals surface area contributed by atoms with Crippen molar-refractivity contribution in [2.45, 2.75) is 13.3 Å². The third-order valence-corrected chi connectivity index (χ3v) is 2.99. The Labute approximate surface area is 108 Å². The normalized spacial score (nSPS) is 16.9. The van der Waals surface area contributed by atoms with Crippen LogP contribution in [0.25, 0.3) is 0 Å². The SMILES string of the molecule is C=CC(=O)OCCOCCOCC1(CC)COC1. The van der Waals surface area contributed by atoms with Gasteiger partial charge in [0.25, 0.3) is 0 Å². The summed E-state index contributed by atoms with van der Waals surface area (Å²) >= 11 is 0. The zero-order valence-electron chi connectivity index (χ0n) is 11.0. The second-order valence-corrected chi connectivity index (χ2v) is 4.38.